The van der Waals surface area contributed by atoms with Gasteiger partial charge in [0.15, 0.2) is 0 Å². The predicted octanol–water partition coefficient (Wildman–Crippen LogP) is 8.09. The van der Waals surface area contributed by atoms with Crippen molar-refractivity contribution in [3.8, 4) is 11.1 Å². The first kappa shape index (κ1) is 47.5. The zero-order chi connectivity index (χ0) is 45.3. The third kappa shape index (κ3) is 12.3. The number of benzene rings is 5. The van der Waals surface area contributed by atoms with Crippen molar-refractivity contribution in [2.75, 3.05) is 75.0 Å². The summed E-state index contributed by atoms with van der Waals surface area (Å²) < 4.78 is 92.1. The number of halogens is 4. The molecule has 0 radical (unpaired) electrons. The van der Waals surface area contributed by atoms with Crippen LogP contribution in [0.15, 0.2) is 131 Å². The normalized spacial score (nSPS) is 16.8. The molecule has 0 aromatic heterocycles. The molecule has 2 unspecified atom stereocenters. The molecule has 19 heteroatoms. The Morgan fingerprint density at radius 3 is 2.20 bits per heavy atom. The van der Waals surface area contributed by atoms with Gasteiger partial charge < -0.3 is 19.8 Å². The number of thioether (sulfide) groups is 1. The molecule has 64 heavy (non-hydrogen) atoms. The van der Waals surface area contributed by atoms with E-state index >= 15 is 0 Å². The lowest BCUT2D eigenvalue weighted by molar-refractivity contribution is -0.0435. The Bertz CT molecular complexity index is 2520. The van der Waals surface area contributed by atoms with Gasteiger partial charge in [0.1, 0.15) is 4.90 Å². The number of sulfone groups is 1. The third-order valence-corrected chi connectivity index (χ3v) is 15.2. The molecular weight excluding hydrogens is 910 g/mol. The monoisotopic (exact) mass is 957 g/mol. The first-order valence-electron chi connectivity index (χ1n) is 20.6. The number of hydrogen-bond donors (Lipinski definition) is 3. The summed E-state index contributed by atoms with van der Waals surface area (Å²) in [6.45, 7) is 6.70. The van der Waals surface area contributed by atoms with Gasteiger partial charge in [0.25, 0.3) is 15.7 Å². The van der Waals surface area contributed by atoms with Crippen molar-refractivity contribution in [1.29, 1.82) is 0 Å². The minimum Gasteiger partial charge on any atom is -0.380 e. The van der Waals surface area contributed by atoms with Gasteiger partial charge in [0.2, 0.25) is 0 Å². The second-order valence-corrected chi connectivity index (χ2v) is 20.5. The first-order chi connectivity index (χ1) is 30.7. The highest BCUT2D eigenvalue weighted by Crippen LogP contribution is 2.43. The van der Waals surface area contributed by atoms with E-state index < -0.39 is 50.8 Å². The van der Waals surface area contributed by atoms with Crippen LogP contribution in [0.4, 0.5) is 24.5 Å². The smallest absolute Gasteiger partial charge is 0.380 e. The Balaban J connectivity index is 0.988. The van der Waals surface area contributed by atoms with Gasteiger partial charge in [-0.05, 0) is 89.8 Å². The summed E-state index contributed by atoms with van der Waals surface area (Å²) in [6.07, 6.45) is 0.444. The fourth-order valence-electron chi connectivity index (χ4n) is 7.48. The number of carbonyl (C=O) groups excluding carboxylic acids is 1. The molecule has 2 heterocycles. The molecule has 5 aromatic rings. The maximum absolute atomic E-state index is 14.1. The van der Waals surface area contributed by atoms with Gasteiger partial charge >= 0.3 is 13.1 Å². The van der Waals surface area contributed by atoms with Gasteiger partial charge in [-0.3, -0.25) is 19.2 Å². The maximum Gasteiger partial charge on any atom is 0.501 e. The van der Waals surface area contributed by atoms with E-state index in [0.29, 0.717) is 69.2 Å². The lowest BCUT2D eigenvalue weighted by Crippen LogP contribution is -2.46. The number of nitrogens with zero attached hydrogens (tertiary/aromatic N) is 3. The van der Waals surface area contributed by atoms with E-state index in [9.17, 15) is 35.8 Å². The summed E-state index contributed by atoms with van der Waals surface area (Å²) in [5, 5.41) is 2.89. The van der Waals surface area contributed by atoms with Gasteiger partial charge in [0.05, 0.1) is 24.2 Å². The SMILES string of the molecule is O=C(NOP(=O)(O)c1ccc(NC(CCN2CCOCC2)CSc2ccccc2)c(S(=O)(=O)C(F)(F)F)c1)c1ccc(N2CCN(Cc3cc(Cl)ccc3-c3ccccc3)CC2)cc1. The van der Waals surface area contributed by atoms with E-state index in [4.69, 9.17) is 21.0 Å². The molecule has 2 saturated heterocycles. The van der Waals surface area contributed by atoms with Crippen LogP contribution in [0.5, 0.6) is 0 Å². The summed E-state index contributed by atoms with van der Waals surface area (Å²) >= 11 is 7.83. The second-order valence-electron chi connectivity index (χ2n) is 15.4. The number of ether oxygens (including phenoxy) is 1. The van der Waals surface area contributed by atoms with Gasteiger partial charge in [-0.15, -0.1) is 11.8 Å². The van der Waals surface area contributed by atoms with Gasteiger partial charge in [-0.25, -0.2) is 13.9 Å². The summed E-state index contributed by atoms with van der Waals surface area (Å²) in [5.74, 6) is -0.532. The fourth-order valence-corrected chi connectivity index (χ4v) is 10.6. The number of rotatable bonds is 17. The van der Waals surface area contributed by atoms with E-state index in [-0.39, 0.29) is 5.56 Å². The molecule has 2 aliphatic rings. The van der Waals surface area contributed by atoms with E-state index in [1.165, 1.54) is 23.9 Å². The molecule has 340 valence electrons. The fraction of sp³-hybridized carbons (Fsp3) is 0.311. The largest absolute Gasteiger partial charge is 0.501 e. The lowest BCUT2D eigenvalue weighted by Gasteiger charge is -2.36. The van der Waals surface area contributed by atoms with E-state index in [2.05, 4.69) is 32.1 Å². The molecule has 2 aliphatic heterocycles. The number of hydrogen-bond acceptors (Lipinski definition) is 11. The summed E-state index contributed by atoms with van der Waals surface area (Å²) in [6, 6.07) is 33.9. The quantitative estimate of drug-likeness (QED) is 0.0472. The minimum absolute atomic E-state index is 0.0770. The zero-order valence-corrected chi connectivity index (χ0v) is 37.9. The van der Waals surface area contributed by atoms with E-state index in [1.54, 1.807) is 12.1 Å². The molecule has 0 bridgehead atoms. The number of alkyl halides is 3. The Hall–Kier alpha value is -4.42. The Labute approximate surface area is 380 Å². The minimum atomic E-state index is -6.04. The van der Waals surface area contributed by atoms with Crippen LogP contribution in [0.2, 0.25) is 5.02 Å². The molecule has 2 atom stereocenters. The van der Waals surface area contributed by atoms with Gasteiger partial charge in [-0.2, -0.15) is 17.8 Å². The highest BCUT2D eigenvalue weighted by atomic mass is 35.5. The summed E-state index contributed by atoms with van der Waals surface area (Å²) in [4.78, 5) is 30.3. The van der Waals surface area contributed by atoms with Crippen molar-refractivity contribution >= 4 is 63.4 Å². The predicted molar refractivity (Wildman–Crippen MR) is 245 cm³/mol. The molecule has 1 amide bonds. The van der Waals surface area contributed by atoms with E-state index in [0.717, 1.165) is 59.0 Å². The second kappa shape index (κ2) is 21.3. The van der Waals surface area contributed by atoms with Crippen LogP contribution in [-0.2, 0) is 30.3 Å². The maximum atomic E-state index is 14.1. The highest BCUT2D eigenvalue weighted by molar-refractivity contribution is 7.99. The number of carbonyl (C=O) groups is 1. The number of piperazine rings is 1. The van der Waals surface area contributed by atoms with Crippen LogP contribution >= 0.6 is 31.0 Å². The van der Waals surface area contributed by atoms with Crippen molar-refractivity contribution in [3.63, 3.8) is 0 Å². The molecule has 5 aromatic carbocycles. The summed E-state index contributed by atoms with van der Waals surface area (Å²) in [7, 11) is -11.2. The van der Waals surface area contributed by atoms with Gasteiger partial charge in [0, 0.05) is 85.3 Å². The molecule has 2 fully saturated rings. The Kier molecular flexibility index (Phi) is 15.8. The average molecular weight is 958 g/mol. The molecule has 7 rings (SSSR count). The zero-order valence-electron chi connectivity index (χ0n) is 34.6. The number of hydroxylamine groups is 1. The van der Waals surface area contributed by atoms with Crippen molar-refractivity contribution in [2.24, 2.45) is 0 Å². The lowest BCUT2D eigenvalue weighted by atomic mass is 9.99. The number of anilines is 2. The molecule has 12 nitrogen and oxygen atoms in total. The first-order valence-corrected chi connectivity index (χ1v) is 25.0. The standard InChI is InChI=1S/C45H48ClF3N5O7PS2/c46-36-13-17-41(33-7-3-1-4-8-33)35(29-36)31-53-21-23-54(24-22-53)38-14-11-34(12-15-38)44(55)51-61-62(56,57)39-16-18-42(43(30-39)64(58,59)45(47,48)49)50-37(19-20-52-25-27-60-28-26-52)32-63-40-9-5-2-6-10-40/h1-18,29-30,37,50H,19-28,31-32H2,(H,51,55)(H,56,57). The van der Waals surface area contributed by atoms with Crippen molar-refractivity contribution in [2.45, 2.75) is 34.3 Å². The number of nitrogens with one attached hydrogen (secondary N) is 2. The molecule has 0 saturated carbocycles. The Morgan fingerprint density at radius 2 is 1.53 bits per heavy atom. The van der Waals surface area contributed by atoms with Gasteiger partial charge in [-0.1, -0.05) is 66.2 Å². The van der Waals surface area contributed by atoms with Crippen LogP contribution in [0, 0.1) is 0 Å². The average Bonchev–Trinajstić information content (AvgIpc) is 3.30. The summed E-state index contributed by atoms with van der Waals surface area (Å²) in [5.41, 5.74) is 0.0876. The number of amides is 1. The van der Waals surface area contributed by atoms with Crippen LogP contribution in [-0.4, -0.2) is 105 Å². The van der Waals surface area contributed by atoms with Crippen LogP contribution in [0.3, 0.4) is 0 Å². The third-order valence-electron chi connectivity index (χ3n) is 11.0. The topological polar surface area (TPSA) is 141 Å². The van der Waals surface area contributed by atoms with Crippen molar-refractivity contribution in [1.82, 2.24) is 15.3 Å². The van der Waals surface area contributed by atoms with Crippen molar-refractivity contribution in [3.05, 3.63) is 137 Å². The van der Waals surface area contributed by atoms with E-state index in [1.807, 2.05) is 72.2 Å². The van der Waals surface area contributed by atoms with Crippen LogP contribution in [0.1, 0.15) is 22.3 Å². The number of morpholine rings is 1. The highest BCUT2D eigenvalue weighted by Gasteiger charge is 2.49. The van der Waals surface area contributed by atoms with Crippen molar-refractivity contribution < 1.29 is 45.2 Å². The molecule has 0 aliphatic carbocycles. The molecular formula is C45H48ClF3N5O7PS2. The Morgan fingerprint density at radius 1 is 0.859 bits per heavy atom. The molecule has 0 spiro atoms. The molecule has 3 N–H and O–H groups in total. The van der Waals surface area contributed by atoms with Crippen LogP contribution in [0.25, 0.3) is 11.1 Å². The van der Waals surface area contributed by atoms with Crippen LogP contribution < -0.4 is 21.0 Å².